The lowest BCUT2D eigenvalue weighted by Gasteiger charge is -2.40. The Hall–Kier alpha value is -2.63. The zero-order valence-corrected chi connectivity index (χ0v) is 58.9. The molecule has 9 nitrogen and oxygen atoms in total. The van der Waals surface area contributed by atoms with Crippen molar-refractivity contribution in [2.45, 2.75) is 410 Å². The van der Waals surface area contributed by atoms with Crippen molar-refractivity contribution in [3.8, 4) is 0 Å². The zero-order valence-electron chi connectivity index (χ0n) is 58.9. The van der Waals surface area contributed by atoms with Crippen LogP contribution in [0.3, 0.4) is 0 Å². The monoisotopic (exact) mass is 1260 g/mol. The Morgan fingerprint density at radius 2 is 0.689 bits per heavy atom. The maximum atomic E-state index is 13.2. The molecule has 1 amide bonds. The standard InChI is InChI=1S/C81H147NO8/c1-3-5-7-9-11-13-15-17-19-21-23-25-27-29-31-33-35-36-37-38-39-40-41-43-45-47-49-51-53-55-57-59-61-63-65-67-69-71-77(85)82-74(73-89-81-80(88)79(87)78(86)76(72-83)90-81)75(84)70-68-66-64-62-60-58-56-54-52-50-48-46-44-42-34-32-30-28-26-24-22-20-18-16-14-12-10-8-6-4-2/h5,7,11,13,17,19,23,25,29,31,35-36,68,70,74-76,78-81,83-84,86-88H,3-4,6,8-10,12,14-16,18,20-22,24,26-28,30,32-34,37-67,69,71-73H2,1-2H3,(H,82,85)/b7-5-,13-11-,19-17-,25-23-,31-29-,36-35-,70-68+. The lowest BCUT2D eigenvalue weighted by molar-refractivity contribution is -0.302. The van der Waals surface area contributed by atoms with Gasteiger partial charge >= 0.3 is 0 Å². The van der Waals surface area contributed by atoms with Crippen molar-refractivity contribution < 1.29 is 39.8 Å². The number of allylic oxidation sites excluding steroid dienone is 13. The van der Waals surface area contributed by atoms with Crippen molar-refractivity contribution in [3.63, 3.8) is 0 Å². The van der Waals surface area contributed by atoms with Crippen molar-refractivity contribution in [1.29, 1.82) is 0 Å². The van der Waals surface area contributed by atoms with Gasteiger partial charge in [0.25, 0.3) is 0 Å². The molecule has 9 heteroatoms. The smallest absolute Gasteiger partial charge is 0.220 e. The second kappa shape index (κ2) is 69.2. The predicted molar refractivity (Wildman–Crippen MR) is 387 cm³/mol. The molecule has 6 N–H and O–H groups in total. The molecule has 0 spiro atoms. The van der Waals surface area contributed by atoms with Crippen LogP contribution in [0.5, 0.6) is 0 Å². The first-order chi connectivity index (χ1) is 44.3. The minimum absolute atomic E-state index is 0.172. The molecule has 1 heterocycles. The maximum Gasteiger partial charge on any atom is 0.220 e. The quantitative estimate of drug-likeness (QED) is 0.0261. The molecule has 1 aliphatic heterocycles. The fraction of sp³-hybridized carbons (Fsp3) is 0.815. The predicted octanol–water partition coefficient (Wildman–Crippen LogP) is 22.0. The Bertz CT molecular complexity index is 1700. The number of amides is 1. The fourth-order valence-electron chi connectivity index (χ4n) is 12.2. The summed E-state index contributed by atoms with van der Waals surface area (Å²) < 4.78 is 11.3. The maximum absolute atomic E-state index is 13.2. The van der Waals surface area contributed by atoms with Crippen LogP contribution >= 0.6 is 0 Å². The third-order valence-electron chi connectivity index (χ3n) is 18.2. The van der Waals surface area contributed by atoms with E-state index in [-0.39, 0.29) is 12.5 Å². The summed E-state index contributed by atoms with van der Waals surface area (Å²) in [4.78, 5) is 13.2. The minimum atomic E-state index is -1.57. The molecular formula is C81H147NO8. The van der Waals surface area contributed by atoms with Crippen molar-refractivity contribution in [2.75, 3.05) is 13.2 Å². The van der Waals surface area contributed by atoms with E-state index < -0.39 is 49.5 Å². The second-order valence-electron chi connectivity index (χ2n) is 26.8. The highest BCUT2D eigenvalue weighted by Crippen LogP contribution is 2.24. The third-order valence-corrected chi connectivity index (χ3v) is 18.2. The van der Waals surface area contributed by atoms with Gasteiger partial charge in [-0.05, 0) is 70.6 Å². The first-order valence-electron chi connectivity index (χ1n) is 38.8. The Labute approximate surface area is 556 Å². The summed E-state index contributed by atoms with van der Waals surface area (Å²) in [5, 5.41) is 54.9. The Kier molecular flexibility index (Phi) is 65.7. The molecule has 0 aliphatic carbocycles. The van der Waals surface area contributed by atoms with E-state index >= 15 is 0 Å². The van der Waals surface area contributed by atoms with E-state index in [9.17, 15) is 30.3 Å². The summed E-state index contributed by atoms with van der Waals surface area (Å²) in [6.07, 6.45) is 92.9. The minimum Gasteiger partial charge on any atom is -0.394 e. The van der Waals surface area contributed by atoms with Gasteiger partial charge in [-0.2, -0.15) is 0 Å². The van der Waals surface area contributed by atoms with E-state index in [0.717, 1.165) is 77.0 Å². The van der Waals surface area contributed by atoms with Gasteiger partial charge in [0.1, 0.15) is 24.4 Å². The van der Waals surface area contributed by atoms with E-state index in [1.54, 1.807) is 6.08 Å². The van der Waals surface area contributed by atoms with E-state index in [4.69, 9.17) is 9.47 Å². The molecule has 7 unspecified atom stereocenters. The molecule has 0 radical (unpaired) electrons. The first-order valence-corrected chi connectivity index (χ1v) is 38.8. The molecule has 0 aromatic carbocycles. The van der Waals surface area contributed by atoms with E-state index in [1.807, 2.05) is 6.08 Å². The number of hydrogen-bond acceptors (Lipinski definition) is 8. The summed E-state index contributed by atoms with van der Waals surface area (Å²) in [6.45, 7) is 3.71. The van der Waals surface area contributed by atoms with Crippen molar-refractivity contribution in [1.82, 2.24) is 5.32 Å². The van der Waals surface area contributed by atoms with Gasteiger partial charge in [-0.25, -0.2) is 0 Å². The van der Waals surface area contributed by atoms with Gasteiger partial charge in [-0.1, -0.05) is 375 Å². The van der Waals surface area contributed by atoms with Gasteiger partial charge in [-0.15, -0.1) is 0 Å². The highest BCUT2D eigenvalue weighted by atomic mass is 16.7. The lowest BCUT2D eigenvalue weighted by atomic mass is 9.99. The van der Waals surface area contributed by atoms with Crippen LogP contribution in [0.25, 0.3) is 0 Å². The average molecular weight is 1260 g/mol. The fourth-order valence-corrected chi connectivity index (χ4v) is 12.2. The number of ether oxygens (including phenoxy) is 2. The highest BCUT2D eigenvalue weighted by molar-refractivity contribution is 5.76. The highest BCUT2D eigenvalue weighted by Gasteiger charge is 2.44. The number of aliphatic hydroxyl groups excluding tert-OH is 5. The number of rotatable bonds is 68. The molecule has 0 bridgehead atoms. The topological polar surface area (TPSA) is 149 Å². The second-order valence-corrected chi connectivity index (χ2v) is 26.8. The molecule has 1 aliphatic rings. The lowest BCUT2D eigenvalue weighted by Crippen LogP contribution is -2.60. The van der Waals surface area contributed by atoms with Crippen LogP contribution in [0.1, 0.15) is 367 Å². The molecule has 0 aromatic rings. The summed E-state index contributed by atoms with van der Waals surface area (Å²) in [7, 11) is 0. The molecule has 7 atom stereocenters. The molecule has 0 saturated carbocycles. The van der Waals surface area contributed by atoms with E-state index in [0.29, 0.717) is 6.42 Å². The molecule has 1 saturated heterocycles. The van der Waals surface area contributed by atoms with Crippen LogP contribution < -0.4 is 5.32 Å². The number of carbonyl (C=O) groups is 1. The number of unbranched alkanes of at least 4 members (excludes halogenated alkanes) is 46. The van der Waals surface area contributed by atoms with Crippen LogP contribution in [-0.2, 0) is 14.3 Å². The van der Waals surface area contributed by atoms with Gasteiger partial charge in [0.2, 0.25) is 5.91 Å². The van der Waals surface area contributed by atoms with Crippen LogP contribution in [0, 0.1) is 0 Å². The molecule has 1 fully saturated rings. The average Bonchev–Trinajstić information content (AvgIpc) is 1.28. The van der Waals surface area contributed by atoms with Crippen LogP contribution in [0.2, 0.25) is 0 Å². The number of carbonyl (C=O) groups excluding carboxylic acids is 1. The summed E-state index contributed by atoms with van der Waals surface area (Å²) in [5.74, 6) is -0.172. The van der Waals surface area contributed by atoms with E-state index in [1.165, 1.54) is 270 Å². The van der Waals surface area contributed by atoms with Gasteiger partial charge in [0.05, 0.1) is 25.4 Å². The van der Waals surface area contributed by atoms with Gasteiger partial charge in [0.15, 0.2) is 6.29 Å². The molecule has 1 rings (SSSR count). The Morgan fingerprint density at radius 3 is 1.02 bits per heavy atom. The van der Waals surface area contributed by atoms with Crippen LogP contribution in [0.15, 0.2) is 85.1 Å². The first kappa shape index (κ1) is 85.4. The molecule has 90 heavy (non-hydrogen) atoms. The third kappa shape index (κ3) is 56.9. The SMILES string of the molecule is CC/C=C\C/C=C\C/C=C\C/C=C\C/C=C\C/C=C\CCCCCCCCCCCCCCCCCCCCC(=O)NC(COC1OC(CO)C(O)C(O)C1O)C(O)/C=C/CCCCCCCCCCCCCCCCCCCCCCCCCCCCCC. The summed E-state index contributed by atoms with van der Waals surface area (Å²) in [6, 6.07) is -0.809. The van der Waals surface area contributed by atoms with Gasteiger partial charge in [-0.3, -0.25) is 4.79 Å². The van der Waals surface area contributed by atoms with Crippen LogP contribution in [0.4, 0.5) is 0 Å². The zero-order chi connectivity index (χ0) is 64.9. The van der Waals surface area contributed by atoms with Gasteiger partial charge in [0, 0.05) is 6.42 Å². The van der Waals surface area contributed by atoms with Crippen LogP contribution in [-0.4, -0.2) is 87.5 Å². The molecule has 524 valence electrons. The number of nitrogens with one attached hydrogen (secondary N) is 1. The summed E-state index contributed by atoms with van der Waals surface area (Å²) in [5.41, 5.74) is 0. The molecular weight excluding hydrogens is 1110 g/mol. The number of hydrogen-bond donors (Lipinski definition) is 6. The number of aliphatic hydroxyl groups is 5. The Balaban J connectivity index is 2.09. The normalized spacial score (nSPS) is 18.2. The summed E-state index contributed by atoms with van der Waals surface area (Å²) >= 11 is 0. The largest absolute Gasteiger partial charge is 0.394 e. The Morgan fingerprint density at radius 1 is 0.389 bits per heavy atom. The van der Waals surface area contributed by atoms with Crippen molar-refractivity contribution >= 4 is 5.91 Å². The van der Waals surface area contributed by atoms with Crippen molar-refractivity contribution in [3.05, 3.63) is 85.1 Å². The van der Waals surface area contributed by atoms with Gasteiger partial charge < -0.3 is 40.3 Å². The van der Waals surface area contributed by atoms with E-state index in [2.05, 4.69) is 92.1 Å². The van der Waals surface area contributed by atoms with Crippen molar-refractivity contribution in [2.24, 2.45) is 0 Å². The molecule has 0 aromatic heterocycles.